The maximum absolute atomic E-state index is 12.1. The SMILES string of the molecule is COC(=O)/C=C/CNC(=O)c1ncccc1S(=O)(=O)N(C)C. The van der Waals surface area contributed by atoms with Gasteiger partial charge in [-0.2, -0.15) is 0 Å². The molecule has 1 rings (SSSR count). The highest BCUT2D eigenvalue weighted by molar-refractivity contribution is 7.89. The van der Waals surface area contributed by atoms with Crippen molar-refractivity contribution in [2.24, 2.45) is 0 Å². The molecule has 0 saturated carbocycles. The van der Waals surface area contributed by atoms with E-state index >= 15 is 0 Å². The van der Waals surface area contributed by atoms with Crippen LogP contribution in [0.3, 0.4) is 0 Å². The minimum Gasteiger partial charge on any atom is -0.466 e. The van der Waals surface area contributed by atoms with Gasteiger partial charge in [0.15, 0.2) is 0 Å². The quantitative estimate of drug-likeness (QED) is 0.572. The lowest BCUT2D eigenvalue weighted by Gasteiger charge is -2.13. The zero-order chi connectivity index (χ0) is 16.8. The third kappa shape index (κ3) is 4.37. The summed E-state index contributed by atoms with van der Waals surface area (Å²) in [5.41, 5.74) is -0.206. The molecule has 0 aliphatic heterocycles. The van der Waals surface area contributed by atoms with Crippen LogP contribution in [0.2, 0.25) is 0 Å². The Bertz CT molecular complexity index is 683. The van der Waals surface area contributed by atoms with Gasteiger partial charge < -0.3 is 10.1 Å². The first-order valence-electron chi connectivity index (χ1n) is 6.21. The predicted octanol–water partition coefficient (Wildman–Crippen LogP) is -0.209. The van der Waals surface area contributed by atoms with Gasteiger partial charge in [0.2, 0.25) is 10.0 Å². The van der Waals surface area contributed by atoms with Crippen molar-refractivity contribution in [1.29, 1.82) is 0 Å². The van der Waals surface area contributed by atoms with Gasteiger partial charge in [0, 0.05) is 32.9 Å². The summed E-state index contributed by atoms with van der Waals surface area (Å²) in [7, 11) is 0.179. The number of ether oxygens (including phenoxy) is 1. The van der Waals surface area contributed by atoms with Crippen LogP contribution >= 0.6 is 0 Å². The molecule has 0 aliphatic carbocycles. The summed E-state index contributed by atoms with van der Waals surface area (Å²) < 4.78 is 29.7. The van der Waals surface area contributed by atoms with Crippen molar-refractivity contribution >= 4 is 21.9 Å². The number of hydrogen-bond acceptors (Lipinski definition) is 6. The van der Waals surface area contributed by atoms with Gasteiger partial charge in [0.1, 0.15) is 10.6 Å². The molecule has 1 amide bonds. The Morgan fingerprint density at radius 3 is 2.68 bits per heavy atom. The molecule has 0 fully saturated rings. The molecule has 0 atom stereocenters. The van der Waals surface area contributed by atoms with Gasteiger partial charge in [-0.1, -0.05) is 6.08 Å². The van der Waals surface area contributed by atoms with E-state index in [2.05, 4.69) is 15.0 Å². The molecule has 8 nitrogen and oxygen atoms in total. The standard InChI is InChI=1S/C13H17N3O5S/c1-16(2)22(19,20)10-6-4-8-14-12(10)13(18)15-9-5-7-11(17)21-3/h4-8H,9H2,1-3H3,(H,15,18)/b7-5+. The molecule has 1 N–H and O–H groups in total. The fourth-order valence-electron chi connectivity index (χ4n) is 1.42. The van der Waals surface area contributed by atoms with Gasteiger partial charge >= 0.3 is 5.97 Å². The molecule has 0 aromatic carbocycles. The van der Waals surface area contributed by atoms with Crippen LogP contribution in [-0.2, 0) is 19.6 Å². The molecule has 120 valence electrons. The number of rotatable bonds is 6. The van der Waals surface area contributed by atoms with E-state index in [4.69, 9.17) is 0 Å². The molecular weight excluding hydrogens is 310 g/mol. The predicted molar refractivity (Wildman–Crippen MR) is 78.6 cm³/mol. The first-order valence-corrected chi connectivity index (χ1v) is 7.65. The van der Waals surface area contributed by atoms with Crippen LogP contribution < -0.4 is 5.32 Å². The normalized spacial score (nSPS) is 11.6. The van der Waals surface area contributed by atoms with Crippen molar-refractivity contribution < 1.29 is 22.7 Å². The highest BCUT2D eigenvalue weighted by Crippen LogP contribution is 2.16. The highest BCUT2D eigenvalue weighted by Gasteiger charge is 2.25. The van der Waals surface area contributed by atoms with Gasteiger partial charge in [-0.3, -0.25) is 4.79 Å². The number of methoxy groups -OCH3 is 1. The van der Waals surface area contributed by atoms with Gasteiger partial charge in [-0.15, -0.1) is 0 Å². The van der Waals surface area contributed by atoms with Crippen LogP contribution in [0, 0.1) is 0 Å². The van der Waals surface area contributed by atoms with Crippen LogP contribution in [0.5, 0.6) is 0 Å². The van der Waals surface area contributed by atoms with E-state index in [9.17, 15) is 18.0 Å². The molecule has 0 unspecified atom stereocenters. The van der Waals surface area contributed by atoms with Crippen LogP contribution in [0.25, 0.3) is 0 Å². The Morgan fingerprint density at radius 2 is 2.09 bits per heavy atom. The lowest BCUT2D eigenvalue weighted by Crippen LogP contribution is -2.29. The molecule has 0 bridgehead atoms. The summed E-state index contributed by atoms with van der Waals surface area (Å²) in [5, 5.41) is 2.45. The fraction of sp³-hybridized carbons (Fsp3) is 0.308. The number of carbonyl (C=O) groups is 2. The second-order valence-corrected chi connectivity index (χ2v) is 6.39. The molecule has 0 aliphatic rings. The Hall–Kier alpha value is -2.26. The third-order valence-electron chi connectivity index (χ3n) is 2.58. The van der Waals surface area contributed by atoms with Crippen molar-refractivity contribution in [3.8, 4) is 0 Å². The Morgan fingerprint density at radius 1 is 1.41 bits per heavy atom. The maximum atomic E-state index is 12.1. The van der Waals surface area contributed by atoms with Crippen LogP contribution in [0.15, 0.2) is 35.4 Å². The Balaban J connectivity index is 2.92. The number of nitrogens with zero attached hydrogens (tertiary/aromatic N) is 2. The van der Waals surface area contributed by atoms with Gasteiger partial charge in [0.25, 0.3) is 5.91 Å². The van der Waals surface area contributed by atoms with Crippen LogP contribution in [-0.4, -0.2) is 57.3 Å². The number of sulfonamides is 1. The minimum atomic E-state index is -3.78. The average Bonchev–Trinajstić information content (AvgIpc) is 2.50. The summed E-state index contributed by atoms with van der Waals surface area (Å²) in [4.78, 5) is 26.5. The summed E-state index contributed by atoms with van der Waals surface area (Å²) in [6.07, 6.45) is 3.86. The zero-order valence-electron chi connectivity index (χ0n) is 12.4. The van der Waals surface area contributed by atoms with Gasteiger partial charge in [0.05, 0.1) is 7.11 Å². The number of hydrogen-bond donors (Lipinski definition) is 1. The number of amides is 1. The topological polar surface area (TPSA) is 106 Å². The molecule has 22 heavy (non-hydrogen) atoms. The van der Waals surface area contributed by atoms with E-state index in [1.54, 1.807) is 0 Å². The lowest BCUT2D eigenvalue weighted by atomic mass is 10.3. The number of esters is 1. The lowest BCUT2D eigenvalue weighted by molar-refractivity contribution is -0.134. The van der Waals surface area contributed by atoms with Crippen molar-refractivity contribution in [3.05, 3.63) is 36.2 Å². The summed E-state index contributed by atoms with van der Waals surface area (Å²) in [6, 6.07) is 2.74. The maximum Gasteiger partial charge on any atom is 0.330 e. The summed E-state index contributed by atoms with van der Waals surface area (Å²) in [5.74, 6) is -1.21. The van der Waals surface area contributed by atoms with Gasteiger partial charge in [-0.25, -0.2) is 22.5 Å². The highest BCUT2D eigenvalue weighted by atomic mass is 32.2. The molecule has 1 aromatic heterocycles. The second-order valence-electron chi connectivity index (χ2n) is 4.27. The first kappa shape index (κ1) is 17.8. The number of aromatic nitrogens is 1. The van der Waals surface area contributed by atoms with Crippen LogP contribution in [0.4, 0.5) is 0 Å². The van der Waals surface area contributed by atoms with Gasteiger partial charge in [-0.05, 0) is 12.1 Å². The number of pyridine rings is 1. The minimum absolute atomic E-state index is 0.0337. The smallest absolute Gasteiger partial charge is 0.330 e. The van der Waals surface area contributed by atoms with E-state index in [1.807, 2.05) is 0 Å². The monoisotopic (exact) mass is 327 g/mol. The second kappa shape index (κ2) is 7.66. The molecular formula is C13H17N3O5S. The van der Waals surface area contributed by atoms with E-state index in [-0.39, 0.29) is 17.1 Å². The average molecular weight is 327 g/mol. The Kier molecular flexibility index (Phi) is 6.20. The number of carbonyl (C=O) groups excluding carboxylic acids is 2. The third-order valence-corrected chi connectivity index (χ3v) is 4.43. The van der Waals surface area contributed by atoms with E-state index in [0.717, 1.165) is 10.4 Å². The van der Waals surface area contributed by atoms with Crippen molar-refractivity contribution in [1.82, 2.24) is 14.6 Å². The van der Waals surface area contributed by atoms with E-state index < -0.39 is 21.9 Å². The number of nitrogens with one attached hydrogen (secondary N) is 1. The zero-order valence-corrected chi connectivity index (χ0v) is 13.3. The fourth-order valence-corrected chi connectivity index (χ4v) is 2.46. The van der Waals surface area contributed by atoms with E-state index in [1.165, 1.54) is 45.6 Å². The van der Waals surface area contributed by atoms with Crippen LogP contribution in [0.1, 0.15) is 10.5 Å². The molecule has 0 spiro atoms. The largest absolute Gasteiger partial charge is 0.466 e. The van der Waals surface area contributed by atoms with E-state index in [0.29, 0.717) is 0 Å². The molecule has 0 radical (unpaired) electrons. The van der Waals surface area contributed by atoms with Crippen molar-refractivity contribution in [2.75, 3.05) is 27.7 Å². The first-order chi connectivity index (χ1) is 10.3. The van der Waals surface area contributed by atoms with Crippen molar-refractivity contribution in [2.45, 2.75) is 4.90 Å². The molecule has 0 saturated heterocycles. The molecule has 9 heteroatoms. The summed E-state index contributed by atoms with van der Waals surface area (Å²) >= 11 is 0. The van der Waals surface area contributed by atoms with Crippen molar-refractivity contribution in [3.63, 3.8) is 0 Å². The summed E-state index contributed by atoms with van der Waals surface area (Å²) in [6.45, 7) is 0.0337. The Labute approximate surface area is 128 Å². The molecule has 1 aromatic rings. The molecule has 1 heterocycles.